The van der Waals surface area contributed by atoms with Crippen molar-refractivity contribution in [1.29, 1.82) is 0 Å². The SMILES string of the molecule is c1ccc(-c2cnc(SCc3nc(-c4ccsc4)no3)n2C2CC2)cc1. The lowest BCUT2D eigenvalue weighted by Gasteiger charge is -2.10. The van der Waals surface area contributed by atoms with Gasteiger partial charge in [0, 0.05) is 17.0 Å². The molecule has 1 aliphatic carbocycles. The maximum Gasteiger partial charge on any atom is 0.237 e. The number of rotatable bonds is 6. The van der Waals surface area contributed by atoms with Crippen LogP contribution in [-0.2, 0) is 5.75 Å². The van der Waals surface area contributed by atoms with Crippen LogP contribution in [0.25, 0.3) is 22.6 Å². The number of hydrogen-bond acceptors (Lipinski definition) is 6. The average Bonchev–Trinajstić information content (AvgIpc) is 3.10. The Morgan fingerprint density at radius 2 is 2.04 bits per heavy atom. The summed E-state index contributed by atoms with van der Waals surface area (Å²) in [5.41, 5.74) is 3.39. The maximum atomic E-state index is 5.40. The van der Waals surface area contributed by atoms with Gasteiger partial charge in [0.05, 0.1) is 17.6 Å². The van der Waals surface area contributed by atoms with Gasteiger partial charge in [0.25, 0.3) is 0 Å². The van der Waals surface area contributed by atoms with Crippen LogP contribution in [0.4, 0.5) is 0 Å². The minimum Gasteiger partial charge on any atom is -0.338 e. The van der Waals surface area contributed by atoms with E-state index < -0.39 is 0 Å². The van der Waals surface area contributed by atoms with Gasteiger partial charge in [-0.2, -0.15) is 16.3 Å². The van der Waals surface area contributed by atoms with Gasteiger partial charge in [-0.1, -0.05) is 47.3 Å². The van der Waals surface area contributed by atoms with Crippen molar-refractivity contribution in [1.82, 2.24) is 19.7 Å². The molecule has 0 atom stereocenters. The van der Waals surface area contributed by atoms with E-state index in [2.05, 4.69) is 44.0 Å². The second-order valence-corrected chi connectivity index (χ2v) is 7.93. The summed E-state index contributed by atoms with van der Waals surface area (Å²) in [6, 6.07) is 13.0. The molecule has 1 fully saturated rings. The number of nitrogens with zero attached hydrogens (tertiary/aromatic N) is 4. The van der Waals surface area contributed by atoms with Gasteiger partial charge in [-0.05, 0) is 29.9 Å². The highest BCUT2D eigenvalue weighted by Crippen LogP contribution is 2.42. The van der Waals surface area contributed by atoms with Crippen molar-refractivity contribution in [3.8, 4) is 22.6 Å². The number of thiophene rings is 1. The fourth-order valence-electron chi connectivity index (χ4n) is 2.91. The van der Waals surface area contributed by atoms with Crippen molar-refractivity contribution < 1.29 is 4.52 Å². The van der Waals surface area contributed by atoms with Crippen LogP contribution in [0, 0.1) is 0 Å². The Morgan fingerprint density at radius 1 is 1.15 bits per heavy atom. The van der Waals surface area contributed by atoms with Crippen molar-refractivity contribution in [2.75, 3.05) is 0 Å². The molecule has 0 radical (unpaired) electrons. The summed E-state index contributed by atoms with van der Waals surface area (Å²) in [5, 5.41) is 9.12. The highest BCUT2D eigenvalue weighted by atomic mass is 32.2. The highest BCUT2D eigenvalue weighted by Gasteiger charge is 2.29. The van der Waals surface area contributed by atoms with Gasteiger partial charge in [-0.25, -0.2) is 4.98 Å². The Labute approximate surface area is 159 Å². The number of hydrogen-bond donors (Lipinski definition) is 0. The van der Waals surface area contributed by atoms with Gasteiger partial charge in [-0.3, -0.25) is 0 Å². The van der Waals surface area contributed by atoms with E-state index in [1.165, 1.54) is 24.1 Å². The molecule has 5 rings (SSSR count). The lowest BCUT2D eigenvalue weighted by Crippen LogP contribution is -1.99. The average molecular weight is 380 g/mol. The first-order chi connectivity index (χ1) is 12.9. The molecular formula is C19H16N4OS2. The first-order valence-electron chi connectivity index (χ1n) is 8.49. The van der Waals surface area contributed by atoms with Crippen molar-refractivity contribution >= 4 is 23.1 Å². The van der Waals surface area contributed by atoms with Crippen molar-refractivity contribution in [3.63, 3.8) is 0 Å². The molecule has 4 aromatic rings. The van der Waals surface area contributed by atoms with Crippen molar-refractivity contribution in [3.05, 3.63) is 59.2 Å². The minimum absolute atomic E-state index is 0.555. The summed E-state index contributed by atoms with van der Waals surface area (Å²) in [7, 11) is 0. The van der Waals surface area contributed by atoms with Crippen LogP contribution in [0.3, 0.4) is 0 Å². The lowest BCUT2D eigenvalue weighted by molar-refractivity contribution is 0.391. The molecule has 3 heterocycles. The van der Waals surface area contributed by atoms with Gasteiger partial charge >= 0.3 is 0 Å². The quantitative estimate of drug-likeness (QED) is 0.426. The third-order valence-corrected chi connectivity index (χ3v) is 5.95. The van der Waals surface area contributed by atoms with E-state index in [9.17, 15) is 0 Å². The standard InChI is InChI=1S/C19H16N4OS2/c1-2-4-13(5-3-1)16-10-20-19(23(16)15-6-7-15)26-12-17-21-18(22-24-17)14-8-9-25-11-14/h1-5,8-11,15H,6-7,12H2. The Balaban J connectivity index is 1.37. The normalized spacial score (nSPS) is 14.0. The molecule has 1 aromatic carbocycles. The van der Waals surface area contributed by atoms with Gasteiger partial charge in [0.15, 0.2) is 5.16 Å². The number of aromatic nitrogens is 4. The highest BCUT2D eigenvalue weighted by molar-refractivity contribution is 7.98. The summed E-state index contributed by atoms with van der Waals surface area (Å²) in [6.07, 6.45) is 4.40. The zero-order valence-corrected chi connectivity index (χ0v) is 15.5. The van der Waals surface area contributed by atoms with Crippen LogP contribution < -0.4 is 0 Å². The minimum atomic E-state index is 0.555. The second-order valence-electron chi connectivity index (χ2n) is 6.21. The van der Waals surface area contributed by atoms with Crippen LogP contribution in [-0.4, -0.2) is 19.7 Å². The van der Waals surface area contributed by atoms with Crippen molar-refractivity contribution in [2.24, 2.45) is 0 Å². The molecule has 0 unspecified atom stereocenters. The summed E-state index contributed by atoms with van der Waals surface area (Å²) < 4.78 is 7.76. The summed E-state index contributed by atoms with van der Waals surface area (Å²) >= 11 is 3.28. The molecule has 0 aliphatic heterocycles. The van der Waals surface area contributed by atoms with Gasteiger partial charge in [-0.15, -0.1) is 0 Å². The van der Waals surface area contributed by atoms with E-state index in [1.807, 2.05) is 29.1 Å². The third kappa shape index (κ3) is 3.08. The third-order valence-electron chi connectivity index (χ3n) is 4.32. The van der Waals surface area contributed by atoms with Gasteiger partial charge in [0.2, 0.25) is 11.7 Å². The Bertz CT molecular complexity index is 1000. The largest absolute Gasteiger partial charge is 0.338 e. The maximum absolute atomic E-state index is 5.40. The number of imidazole rings is 1. The first-order valence-corrected chi connectivity index (χ1v) is 10.4. The molecule has 0 saturated heterocycles. The molecule has 5 nitrogen and oxygen atoms in total. The van der Waals surface area contributed by atoms with E-state index in [0.717, 1.165) is 10.7 Å². The summed E-state index contributed by atoms with van der Waals surface area (Å²) in [4.78, 5) is 9.16. The molecule has 0 amide bonds. The Kier molecular flexibility index (Phi) is 4.10. The molecule has 1 aliphatic rings. The number of thioether (sulfide) groups is 1. The molecule has 0 N–H and O–H groups in total. The first kappa shape index (κ1) is 15.8. The fraction of sp³-hybridized carbons (Fsp3) is 0.211. The second kappa shape index (κ2) is 6.74. The summed E-state index contributed by atoms with van der Waals surface area (Å²) in [5.74, 6) is 1.90. The van der Waals surface area contributed by atoms with Crippen LogP contribution in [0.15, 0.2) is 63.0 Å². The molecule has 0 spiro atoms. The Hall–Kier alpha value is -2.38. The predicted molar refractivity (Wildman–Crippen MR) is 103 cm³/mol. The smallest absolute Gasteiger partial charge is 0.237 e. The van der Waals surface area contributed by atoms with Crippen LogP contribution in [0.2, 0.25) is 0 Å². The summed E-state index contributed by atoms with van der Waals surface area (Å²) in [6.45, 7) is 0. The van der Waals surface area contributed by atoms with Gasteiger partial charge in [0.1, 0.15) is 0 Å². The van der Waals surface area contributed by atoms with Gasteiger partial charge < -0.3 is 9.09 Å². The number of benzene rings is 1. The van der Waals surface area contributed by atoms with E-state index in [0.29, 0.717) is 23.5 Å². The fourth-order valence-corrected chi connectivity index (χ4v) is 4.43. The molecule has 7 heteroatoms. The molecule has 0 bridgehead atoms. The van der Waals surface area contributed by atoms with E-state index in [-0.39, 0.29) is 0 Å². The molecule has 3 aromatic heterocycles. The van der Waals surface area contributed by atoms with E-state index >= 15 is 0 Å². The van der Waals surface area contributed by atoms with Crippen molar-refractivity contribution in [2.45, 2.75) is 29.8 Å². The molecular weight excluding hydrogens is 364 g/mol. The van der Waals surface area contributed by atoms with Crippen LogP contribution in [0.5, 0.6) is 0 Å². The topological polar surface area (TPSA) is 56.7 Å². The predicted octanol–water partition coefficient (Wildman–Crippen LogP) is 5.29. The monoisotopic (exact) mass is 380 g/mol. The van der Waals surface area contributed by atoms with E-state index in [4.69, 9.17) is 4.52 Å². The molecule has 130 valence electrons. The zero-order chi connectivity index (χ0) is 17.3. The molecule has 1 saturated carbocycles. The molecule has 26 heavy (non-hydrogen) atoms. The Morgan fingerprint density at radius 3 is 2.81 bits per heavy atom. The van der Waals surface area contributed by atoms with E-state index in [1.54, 1.807) is 23.1 Å². The lowest BCUT2D eigenvalue weighted by atomic mass is 10.2. The zero-order valence-electron chi connectivity index (χ0n) is 13.9. The van der Waals surface area contributed by atoms with Crippen LogP contribution in [0.1, 0.15) is 24.8 Å². The van der Waals surface area contributed by atoms with Crippen LogP contribution >= 0.6 is 23.1 Å².